The molecule has 0 aromatic carbocycles. The molecule has 110 valence electrons. The molecule has 0 spiro atoms. The maximum Gasteiger partial charge on any atom is 0.280 e. The maximum atomic E-state index is 11.3. The number of hydrogen-bond acceptors (Lipinski definition) is 5. The second kappa shape index (κ2) is 5.36. The molecule has 22 heavy (non-hydrogen) atoms. The minimum absolute atomic E-state index is 0.0378. The highest BCUT2D eigenvalue weighted by Gasteiger charge is 2.19. The van der Waals surface area contributed by atoms with Crippen LogP contribution in [0.25, 0.3) is 22.4 Å². The highest BCUT2D eigenvalue weighted by Crippen LogP contribution is 2.33. The Hall–Kier alpha value is -3.09. The van der Waals surface area contributed by atoms with E-state index in [0.29, 0.717) is 22.5 Å². The van der Waals surface area contributed by atoms with Crippen molar-refractivity contribution >= 4 is 5.69 Å². The molecule has 0 atom stereocenters. The van der Waals surface area contributed by atoms with Crippen molar-refractivity contribution in [3.05, 3.63) is 58.8 Å². The summed E-state index contributed by atoms with van der Waals surface area (Å²) in [6, 6.07) is 4.97. The molecule has 7 heteroatoms. The quantitative estimate of drug-likeness (QED) is 0.547. The average molecular weight is 295 g/mol. The van der Waals surface area contributed by atoms with E-state index < -0.39 is 4.92 Å². The van der Waals surface area contributed by atoms with Gasteiger partial charge in [0.25, 0.3) is 5.69 Å². The first-order valence-corrected chi connectivity index (χ1v) is 6.61. The summed E-state index contributed by atoms with van der Waals surface area (Å²) in [6.07, 6.45) is 6.63. The summed E-state index contributed by atoms with van der Waals surface area (Å²) in [6.45, 7) is 1.76. The Kier molecular flexibility index (Phi) is 3.38. The molecule has 0 saturated carbocycles. The molecule has 0 saturated heterocycles. The molecule has 0 N–H and O–H groups in total. The lowest BCUT2D eigenvalue weighted by atomic mass is 10.0. The fourth-order valence-corrected chi connectivity index (χ4v) is 2.36. The molecule has 3 aromatic rings. The zero-order chi connectivity index (χ0) is 15.7. The van der Waals surface area contributed by atoms with E-state index >= 15 is 0 Å². The van der Waals surface area contributed by atoms with Crippen LogP contribution in [-0.4, -0.2) is 24.7 Å². The second-order valence-corrected chi connectivity index (χ2v) is 4.88. The smallest absolute Gasteiger partial charge is 0.275 e. The van der Waals surface area contributed by atoms with Crippen molar-refractivity contribution in [2.24, 2.45) is 7.05 Å². The first-order chi connectivity index (χ1) is 10.6. The van der Waals surface area contributed by atoms with Gasteiger partial charge in [0.2, 0.25) is 0 Å². The maximum absolute atomic E-state index is 11.3. The van der Waals surface area contributed by atoms with Gasteiger partial charge >= 0.3 is 0 Å². The standard InChI is InChI=1S/C15H13N5O2/c1-10-15(14(20(21)22)4-6-16-10)11-3-5-17-13(7-11)12-8-18-19(2)9-12/h3-9H,1-2H3. The Morgan fingerprint density at radius 3 is 2.64 bits per heavy atom. The SMILES string of the molecule is Cc1nccc([N+](=O)[O-])c1-c1ccnc(-c2cnn(C)c2)c1. The summed E-state index contributed by atoms with van der Waals surface area (Å²) in [5.41, 5.74) is 3.44. The first-order valence-electron chi connectivity index (χ1n) is 6.61. The van der Waals surface area contributed by atoms with Crippen LogP contribution in [0.4, 0.5) is 5.69 Å². The topological polar surface area (TPSA) is 86.7 Å². The van der Waals surface area contributed by atoms with E-state index in [1.165, 1.54) is 12.3 Å². The number of nitrogens with zero attached hydrogens (tertiary/aromatic N) is 5. The molecule has 0 unspecified atom stereocenters. The Labute approximate surface area is 126 Å². The Morgan fingerprint density at radius 2 is 1.95 bits per heavy atom. The van der Waals surface area contributed by atoms with Gasteiger partial charge in [-0.25, -0.2) is 0 Å². The van der Waals surface area contributed by atoms with Gasteiger partial charge in [-0.05, 0) is 24.6 Å². The molecule has 0 amide bonds. The van der Waals surface area contributed by atoms with Crippen LogP contribution in [0.1, 0.15) is 5.69 Å². The fourth-order valence-electron chi connectivity index (χ4n) is 2.36. The summed E-state index contributed by atoms with van der Waals surface area (Å²) < 4.78 is 1.68. The van der Waals surface area contributed by atoms with Crippen LogP contribution in [0.3, 0.4) is 0 Å². The molecule has 0 aliphatic carbocycles. The first kappa shape index (κ1) is 13.9. The monoisotopic (exact) mass is 295 g/mol. The van der Waals surface area contributed by atoms with Crippen LogP contribution in [0.5, 0.6) is 0 Å². The van der Waals surface area contributed by atoms with E-state index in [1.807, 2.05) is 19.3 Å². The molecule has 0 aliphatic rings. The molecule has 3 rings (SSSR count). The third kappa shape index (κ3) is 2.44. The van der Waals surface area contributed by atoms with Crippen molar-refractivity contribution in [3.63, 3.8) is 0 Å². The normalized spacial score (nSPS) is 10.6. The van der Waals surface area contributed by atoms with E-state index in [2.05, 4.69) is 15.1 Å². The lowest BCUT2D eigenvalue weighted by molar-refractivity contribution is -0.384. The summed E-state index contributed by atoms with van der Waals surface area (Å²) in [5, 5.41) is 15.4. The van der Waals surface area contributed by atoms with E-state index in [9.17, 15) is 10.1 Å². The molecular weight excluding hydrogens is 282 g/mol. The van der Waals surface area contributed by atoms with Gasteiger partial charge in [0.15, 0.2) is 0 Å². The zero-order valence-electron chi connectivity index (χ0n) is 12.1. The van der Waals surface area contributed by atoms with Crippen LogP contribution in [-0.2, 0) is 7.05 Å². The predicted octanol–water partition coefficient (Wildman–Crippen LogP) is 2.76. The van der Waals surface area contributed by atoms with Gasteiger partial charge in [-0.15, -0.1) is 0 Å². The van der Waals surface area contributed by atoms with E-state index in [4.69, 9.17) is 0 Å². The molecule has 0 fully saturated rings. The van der Waals surface area contributed by atoms with Crippen LogP contribution in [0, 0.1) is 17.0 Å². The van der Waals surface area contributed by atoms with E-state index in [1.54, 1.807) is 30.1 Å². The van der Waals surface area contributed by atoms with E-state index in [0.717, 1.165) is 5.56 Å². The highest BCUT2D eigenvalue weighted by atomic mass is 16.6. The molecule has 0 aliphatic heterocycles. The van der Waals surface area contributed by atoms with Gasteiger partial charge in [0.05, 0.1) is 28.1 Å². The molecule has 7 nitrogen and oxygen atoms in total. The average Bonchev–Trinajstić information content (AvgIpc) is 2.93. The van der Waals surface area contributed by atoms with Gasteiger partial charge in [0.1, 0.15) is 0 Å². The van der Waals surface area contributed by atoms with Crippen molar-refractivity contribution < 1.29 is 4.92 Å². The van der Waals surface area contributed by atoms with Gasteiger partial charge in [-0.3, -0.25) is 24.8 Å². The number of nitro groups is 1. The van der Waals surface area contributed by atoms with Crippen LogP contribution in [0.15, 0.2) is 43.0 Å². The second-order valence-electron chi connectivity index (χ2n) is 4.88. The summed E-state index contributed by atoms with van der Waals surface area (Å²) in [7, 11) is 1.82. The van der Waals surface area contributed by atoms with Crippen LogP contribution in [0.2, 0.25) is 0 Å². The molecule has 0 bridgehead atoms. The summed E-state index contributed by atoms with van der Waals surface area (Å²) in [5.74, 6) is 0. The van der Waals surface area contributed by atoms with Gasteiger partial charge in [0, 0.05) is 37.3 Å². The lowest BCUT2D eigenvalue weighted by Gasteiger charge is -2.07. The number of pyridine rings is 2. The summed E-state index contributed by atoms with van der Waals surface area (Å²) in [4.78, 5) is 19.3. The van der Waals surface area contributed by atoms with Crippen molar-refractivity contribution in [3.8, 4) is 22.4 Å². The molecular formula is C15H13N5O2. The van der Waals surface area contributed by atoms with E-state index in [-0.39, 0.29) is 5.69 Å². The highest BCUT2D eigenvalue weighted by molar-refractivity contribution is 5.77. The molecule has 3 heterocycles. The Bertz CT molecular complexity index is 857. The third-order valence-corrected chi connectivity index (χ3v) is 3.36. The summed E-state index contributed by atoms with van der Waals surface area (Å²) >= 11 is 0. The molecule has 0 radical (unpaired) electrons. The number of hydrogen-bond donors (Lipinski definition) is 0. The van der Waals surface area contributed by atoms with Crippen LogP contribution < -0.4 is 0 Å². The van der Waals surface area contributed by atoms with Crippen molar-refractivity contribution in [2.75, 3.05) is 0 Å². The minimum atomic E-state index is -0.395. The fraction of sp³-hybridized carbons (Fsp3) is 0.133. The number of rotatable bonds is 3. The Balaban J connectivity index is 2.16. The predicted molar refractivity (Wildman–Crippen MR) is 81.1 cm³/mol. The van der Waals surface area contributed by atoms with Gasteiger partial charge in [-0.2, -0.15) is 5.10 Å². The lowest BCUT2D eigenvalue weighted by Crippen LogP contribution is -1.97. The molecule has 3 aromatic heterocycles. The minimum Gasteiger partial charge on any atom is -0.275 e. The number of aromatic nitrogens is 4. The van der Waals surface area contributed by atoms with Gasteiger partial charge < -0.3 is 0 Å². The van der Waals surface area contributed by atoms with Crippen LogP contribution >= 0.6 is 0 Å². The Morgan fingerprint density at radius 1 is 1.18 bits per heavy atom. The van der Waals surface area contributed by atoms with Crippen molar-refractivity contribution in [1.82, 2.24) is 19.7 Å². The zero-order valence-corrected chi connectivity index (χ0v) is 12.1. The van der Waals surface area contributed by atoms with Crippen molar-refractivity contribution in [1.29, 1.82) is 0 Å². The van der Waals surface area contributed by atoms with Gasteiger partial charge in [-0.1, -0.05) is 0 Å². The third-order valence-electron chi connectivity index (χ3n) is 3.36. The van der Waals surface area contributed by atoms with Crippen molar-refractivity contribution in [2.45, 2.75) is 6.92 Å². The largest absolute Gasteiger partial charge is 0.280 e. The number of aryl methyl sites for hydroxylation is 2.